The van der Waals surface area contributed by atoms with Crippen LogP contribution in [0.3, 0.4) is 0 Å². The number of furan rings is 1. The monoisotopic (exact) mass is 382 g/mol. The molecule has 2 aromatic heterocycles. The van der Waals surface area contributed by atoms with Crippen LogP contribution in [-0.4, -0.2) is 34.5 Å². The highest BCUT2D eigenvalue weighted by Crippen LogP contribution is 2.18. The van der Waals surface area contributed by atoms with Gasteiger partial charge in [-0.05, 0) is 37.6 Å². The Kier molecular flexibility index (Phi) is 6.46. The summed E-state index contributed by atoms with van der Waals surface area (Å²) < 4.78 is 12.6. The van der Waals surface area contributed by atoms with Crippen LogP contribution in [0.15, 0.2) is 59.5 Å². The molecule has 146 valence electrons. The van der Waals surface area contributed by atoms with Crippen LogP contribution in [0, 0.1) is 6.92 Å². The average molecular weight is 382 g/mol. The predicted octanol–water partition coefficient (Wildman–Crippen LogP) is 2.62. The molecule has 0 saturated carbocycles. The number of hydrogen-bond acceptors (Lipinski definition) is 5. The van der Waals surface area contributed by atoms with Crippen molar-refractivity contribution < 1.29 is 18.7 Å². The Labute approximate surface area is 162 Å². The van der Waals surface area contributed by atoms with Gasteiger partial charge in [-0.15, -0.1) is 0 Å². The smallest absolute Gasteiger partial charge is 0.291 e. The van der Waals surface area contributed by atoms with Crippen molar-refractivity contribution in [3.63, 3.8) is 0 Å². The molecule has 2 heterocycles. The highest BCUT2D eigenvalue weighted by molar-refractivity contribution is 6.02. The first-order valence-electron chi connectivity index (χ1n) is 8.94. The van der Waals surface area contributed by atoms with Crippen LogP contribution in [0.25, 0.3) is 0 Å². The normalized spacial score (nSPS) is 10.5. The van der Waals surface area contributed by atoms with Gasteiger partial charge in [-0.3, -0.25) is 9.59 Å². The van der Waals surface area contributed by atoms with E-state index in [1.54, 1.807) is 42.6 Å². The van der Waals surface area contributed by atoms with Gasteiger partial charge in [-0.2, -0.15) is 0 Å². The summed E-state index contributed by atoms with van der Waals surface area (Å²) in [5.74, 6) is 1.10. The Bertz CT molecular complexity index is 918. The van der Waals surface area contributed by atoms with Crippen LogP contribution in [0.2, 0.25) is 0 Å². The van der Waals surface area contributed by atoms with Crippen LogP contribution in [0.4, 0.5) is 5.69 Å². The van der Waals surface area contributed by atoms with E-state index in [9.17, 15) is 9.59 Å². The van der Waals surface area contributed by atoms with E-state index < -0.39 is 0 Å². The van der Waals surface area contributed by atoms with Crippen LogP contribution >= 0.6 is 0 Å². The fourth-order valence-corrected chi connectivity index (χ4v) is 2.58. The van der Waals surface area contributed by atoms with E-state index >= 15 is 0 Å². The minimum atomic E-state index is -0.354. The second kappa shape index (κ2) is 9.40. The van der Waals surface area contributed by atoms with Crippen LogP contribution in [-0.2, 0) is 11.3 Å². The number of benzene rings is 1. The Balaban J connectivity index is 1.39. The Morgan fingerprint density at radius 3 is 2.89 bits per heavy atom. The summed E-state index contributed by atoms with van der Waals surface area (Å²) in [6, 6.07) is 10.1. The van der Waals surface area contributed by atoms with Crippen LogP contribution in [0.1, 0.15) is 22.8 Å². The molecule has 0 aliphatic heterocycles. The molecule has 2 amide bonds. The van der Waals surface area contributed by atoms with E-state index in [-0.39, 0.29) is 24.2 Å². The first-order valence-corrected chi connectivity index (χ1v) is 8.94. The summed E-state index contributed by atoms with van der Waals surface area (Å²) in [5, 5.41) is 5.53. The molecule has 0 radical (unpaired) electrons. The molecule has 0 aliphatic carbocycles. The van der Waals surface area contributed by atoms with Crippen molar-refractivity contribution in [3.05, 3.63) is 66.6 Å². The fraction of sp³-hybridized carbons (Fsp3) is 0.250. The molecule has 3 rings (SSSR count). The number of anilines is 1. The van der Waals surface area contributed by atoms with Gasteiger partial charge >= 0.3 is 0 Å². The minimum Gasteiger partial charge on any atom is -0.484 e. The zero-order chi connectivity index (χ0) is 19.8. The molecule has 0 saturated heterocycles. The van der Waals surface area contributed by atoms with Gasteiger partial charge in [0.2, 0.25) is 0 Å². The van der Waals surface area contributed by atoms with Crippen molar-refractivity contribution in [1.82, 2.24) is 14.9 Å². The number of aromatic nitrogens is 2. The number of carbonyl (C=O) groups excluding carboxylic acids is 2. The van der Waals surface area contributed by atoms with Gasteiger partial charge < -0.3 is 24.4 Å². The standard InChI is InChI=1S/C20H22N4O4/c1-15-21-9-11-24(15)10-4-8-22-19(25)14-28-17-6-2-5-16(13-17)23-20(26)18-7-3-12-27-18/h2-3,5-7,9,11-13H,4,8,10,14H2,1H3,(H,22,25)(H,23,26). The lowest BCUT2D eigenvalue weighted by Crippen LogP contribution is -2.30. The van der Waals surface area contributed by atoms with E-state index in [2.05, 4.69) is 15.6 Å². The quantitative estimate of drug-likeness (QED) is 0.555. The Morgan fingerprint density at radius 2 is 2.14 bits per heavy atom. The van der Waals surface area contributed by atoms with Gasteiger partial charge in [-0.1, -0.05) is 6.07 Å². The summed E-state index contributed by atoms with van der Waals surface area (Å²) in [4.78, 5) is 28.1. The highest BCUT2D eigenvalue weighted by Gasteiger charge is 2.09. The molecule has 3 aromatic rings. The van der Waals surface area contributed by atoms with Gasteiger partial charge in [0.15, 0.2) is 12.4 Å². The van der Waals surface area contributed by atoms with Crippen molar-refractivity contribution in [2.75, 3.05) is 18.5 Å². The summed E-state index contributed by atoms with van der Waals surface area (Å²) in [5.41, 5.74) is 0.551. The first-order chi connectivity index (χ1) is 13.6. The van der Waals surface area contributed by atoms with Crippen molar-refractivity contribution in [2.45, 2.75) is 19.9 Å². The molecule has 2 N–H and O–H groups in total. The van der Waals surface area contributed by atoms with Gasteiger partial charge in [0, 0.05) is 37.2 Å². The predicted molar refractivity (Wildman–Crippen MR) is 103 cm³/mol. The van der Waals surface area contributed by atoms with E-state index in [1.165, 1.54) is 6.26 Å². The second-order valence-electron chi connectivity index (χ2n) is 6.12. The third-order valence-electron chi connectivity index (χ3n) is 4.03. The van der Waals surface area contributed by atoms with E-state index in [4.69, 9.17) is 9.15 Å². The number of imidazole rings is 1. The lowest BCUT2D eigenvalue weighted by atomic mass is 10.3. The maximum Gasteiger partial charge on any atom is 0.291 e. The van der Waals surface area contributed by atoms with Crippen molar-refractivity contribution >= 4 is 17.5 Å². The largest absolute Gasteiger partial charge is 0.484 e. The summed E-state index contributed by atoms with van der Waals surface area (Å²) in [7, 11) is 0. The number of ether oxygens (including phenoxy) is 1. The first kappa shape index (κ1) is 19.2. The summed E-state index contributed by atoms with van der Waals surface area (Å²) in [6.45, 7) is 3.20. The molecule has 1 aromatic carbocycles. The van der Waals surface area contributed by atoms with Crippen LogP contribution < -0.4 is 15.4 Å². The van der Waals surface area contributed by atoms with E-state index in [0.717, 1.165) is 18.8 Å². The molecular weight excluding hydrogens is 360 g/mol. The van der Waals surface area contributed by atoms with Crippen LogP contribution in [0.5, 0.6) is 5.75 Å². The van der Waals surface area contributed by atoms with Gasteiger partial charge in [-0.25, -0.2) is 4.98 Å². The van der Waals surface area contributed by atoms with Gasteiger partial charge in [0.05, 0.1) is 6.26 Å². The highest BCUT2D eigenvalue weighted by atomic mass is 16.5. The van der Waals surface area contributed by atoms with E-state index in [1.807, 2.05) is 17.7 Å². The molecule has 0 bridgehead atoms. The molecule has 0 aliphatic rings. The lowest BCUT2D eigenvalue weighted by molar-refractivity contribution is -0.123. The Morgan fingerprint density at radius 1 is 1.25 bits per heavy atom. The molecule has 0 atom stereocenters. The number of aryl methyl sites for hydroxylation is 2. The number of rotatable bonds is 9. The van der Waals surface area contributed by atoms with Gasteiger partial charge in [0.1, 0.15) is 11.6 Å². The average Bonchev–Trinajstić information content (AvgIpc) is 3.36. The molecule has 0 fully saturated rings. The maximum absolute atomic E-state index is 12.0. The zero-order valence-electron chi connectivity index (χ0n) is 15.6. The third kappa shape index (κ3) is 5.47. The fourth-order valence-electron chi connectivity index (χ4n) is 2.58. The van der Waals surface area contributed by atoms with Crippen molar-refractivity contribution in [1.29, 1.82) is 0 Å². The molecule has 0 unspecified atom stereocenters. The number of nitrogens with one attached hydrogen (secondary N) is 2. The number of nitrogens with zero attached hydrogens (tertiary/aromatic N) is 2. The van der Waals surface area contributed by atoms with Crippen molar-refractivity contribution in [3.8, 4) is 5.75 Å². The summed E-state index contributed by atoms with van der Waals surface area (Å²) in [6.07, 6.45) is 5.91. The topological polar surface area (TPSA) is 98.4 Å². The lowest BCUT2D eigenvalue weighted by Gasteiger charge is -2.10. The molecule has 28 heavy (non-hydrogen) atoms. The zero-order valence-corrected chi connectivity index (χ0v) is 15.6. The summed E-state index contributed by atoms with van der Waals surface area (Å²) >= 11 is 0. The molecule has 8 heteroatoms. The number of carbonyl (C=O) groups is 2. The SMILES string of the molecule is Cc1nccn1CCCNC(=O)COc1cccc(NC(=O)c2ccco2)c1. The Hall–Kier alpha value is -3.55. The third-order valence-corrected chi connectivity index (χ3v) is 4.03. The maximum atomic E-state index is 12.0. The number of amides is 2. The molecule has 0 spiro atoms. The second-order valence-corrected chi connectivity index (χ2v) is 6.12. The van der Waals surface area contributed by atoms with E-state index in [0.29, 0.717) is 18.0 Å². The molecular formula is C20H22N4O4. The van der Waals surface area contributed by atoms with Gasteiger partial charge in [0.25, 0.3) is 11.8 Å². The molecule has 8 nitrogen and oxygen atoms in total. The minimum absolute atomic E-state index is 0.0975. The number of hydrogen-bond donors (Lipinski definition) is 2. The van der Waals surface area contributed by atoms with Crippen molar-refractivity contribution in [2.24, 2.45) is 0 Å².